The first-order valence-corrected chi connectivity index (χ1v) is 11.2. The Morgan fingerprint density at radius 1 is 1.00 bits per heavy atom. The second-order valence-corrected chi connectivity index (χ2v) is 8.06. The highest BCUT2D eigenvalue weighted by Crippen LogP contribution is 2.42. The largest absolute Gasteiger partial charge is 0.494 e. The summed E-state index contributed by atoms with van der Waals surface area (Å²) < 4.78 is 22.2. The third kappa shape index (κ3) is 3.96. The molecule has 3 heterocycles. The van der Waals surface area contributed by atoms with Gasteiger partial charge in [-0.25, -0.2) is 4.39 Å². The van der Waals surface area contributed by atoms with Gasteiger partial charge in [0.25, 0.3) is 0 Å². The fraction of sp³-hybridized carbons (Fsp3) is 0.154. The van der Waals surface area contributed by atoms with E-state index in [1.807, 2.05) is 78.4 Å². The Kier molecular flexibility index (Phi) is 5.79. The van der Waals surface area contributed by atoms with Gasteiger partial charge in [0.2, 0.25) is 0 Å². The predicted molar refractivity (Wildman–Crippen MR) is 131 cm³/mol. The van der Waals surface area contributed by atoms with Gasteiger partial charge in [-0.3, -0.25) is 4.98 Å². The maximum Gasteiger partial charge on any atom is 0.174 e. The Bertz CT molecular complexity index is 1260. The normalized spacial score (nSPS) is 17.8. The molecule has 0 unspecified atom stereocenters. The van der Waals surface area contributed by atoms with Crippen LogP contribution in [0.2, 0.25) is 0 Å². The van der Waals surface area contributed by atoms with Gasteiger partial charge < -0.3 is 19.5 Å². The first kappa shape index (κ1) is 21.2. The Balaban J connectivity index is 1.64. The van der Waals surface area contributed by atoms with Crippen LogP contribution in [0.15, 0.2) is 91.3 Å². The zero-order chi connectivity index (χ0) is 22.8. The van der Waals surface area contributed by atoms with Crippen molar-refractivity contribution in [2.24, 2.45) is 0 Å². The Morgan fingerprint density at radius 2 is 1.79 bits per heavy atom. The average molecular weight is 459 g/mol. The number of ether oxygens (including phenoxy) is 1. The molecule has 0 spiro atoms. The lowest BCUT2D eigenvalue weighted by Gasteiger charge is -2.29. The van der Waals surface area contributed by atoms with E-state index in [2.05, 4.69) is 15.2 Å². The highest BCUT2D eigenvalue weighted by atomic mass is 32.1. The molecule has 1 aliphatic rings. The number of hydrogen-bond donors (Lipinski definition) is 1. The summed E-state index contributed by atoms with van der Waals surface area (Å²) in [6.45, 7) is 2.56. The molecule has 1 N–H and O–H groups in total. The smallest absolute Gasteiger partial charge is 0.174 e. The van der Waals surface area contributed by atoms with Crippen molar-refractivity contribution in [1.82, 2.24) is 14.9 Å². The van der Waals surface area contributed by atoms with E-state index in [9.17, 15) is 4.39 Å². The second kappa shape index (κ2) is 9.03. The third-order valence-corrected chi connectivity index (χ3v) is 6.03. The molecule has 1 fully saturated rings. The van der Waals surface area contributed by atoms with E-state index in [-0.39, 0.29) is 17.9 Å². The van der Waals surface area contributed by atoms with Gasteiger partial charge in [-0.15, -0.1) is 0 Å². The minimum Gasteiger partial charge on any atom is -0.494 e. The number of anilines is 1. The topological polar surface area (TPSA) is 42.3 Å². The van der Waals surface area contributed by atoms with Crippen molar-refractivity contribution >= 4 is 23.0 Å². The maximum atomic E-state index is 14.8. The molecule has 1 aliphatic heterocycles. The lowest BCUT2D eigenvalue weighted by Crippen LogP contribution is -2.30. The molecule has 2 atom stereocenters. The van der Waals surface area contributed by atoms with Crippen LogP contribution in [-0.2, 0) is 0 Å². The number of rotatable bonds is 6. The number of aromatic nitrogens is 2. The highest BCUT2D eigenvalue weighted by molar-refractivity contribution is 7.80. The van der Waals surface area contributed by atoms with Gasteiger partial charge in [0, 0.05) is 23.8 Å². The number of halogens is 1. The molecular formula is C26H23FN4OS. The van der Waals surface area contributed by atoms with E-state index >= 15 is 0 Å². The molecule has 5 rings (SSSR count). The van der Waals surface area contributed by atoms with Crippen molar-refractivity contribution in [3.8, 4) is 11.4 Å². The van der Waals surface area contributed by atoms with Crippen molar-refractivity contribution in [2.75, 3.05) is 11.5 Å². The summed E-state index contributed by atoms with van der Waals surface area (Å²) in [6, 6.07) is 23.9. The highest BCUT2D eigenvalue weighted by Gasteiger charge is 2.42. The molecule has 4 aromatic rings. The lowest BCUT2D eigenvalue weighted by molar-refractivity contribution is 0.340. The van der Waals surface area contributed by atoms with Crippen molar-refractivity contribution in [1.29, 1.82) is 0 Å². The molecule has 33 heavy (non-hydrogen) atoms. The predicted octanol–water partition coefficient (Wildman–Crippen LogP) is 5.59. The van der Waals surface area contributed by atoms with Crippen LogP contribution in [-0.4, -0.2) is 21.3 Å². The van der Waals surface area contributed by atoms with Crippen LogP contribution < -0.4 is 15.0 Å². The van der Waals surface area contributed by atoms with Crippen molar-refractivity contribution in [2.45, 2.75) is 19.0 Å². The summed E-state index contributed by atoms with van der Waals surface area (Å²) in [5.41, 5.74) is 3.17. The van der Waals surface area contributed by atoms with Gasteiger partial charge in [-0.2, -0.15) is 0 Å². The van der Waals surface area contributed by atoms with Crippen LogP contribution in [0.5, 0.6) is 5.75 Å². The summed E-state index contributed by atoms with van der Waals surface area (Å²) in [5, 5.41) is 4.03. The Labute approximate surface area is 197 Å². The van der Waals surface area contributed by atoms with E-state index in [1.54, 1.807) is 18.3 Å². The molecular weight excluding hydrogens is 435 g/mol. The van der Waals surface area contributed by atoms with E-state index < -0.39 is 0 Å². The van der Waals surface area contributed by atoms with Crippen molar-refractivity contribution in [3.63, 3.8) is 0 Å². The average Bonchev–Trinajstić information content (AvgIpc) is 3.45. The van der Waals surface area contributed by atoms with E-state index in [0.717, 1.165) is 22.8 Å². The third-order valence-electron chi connectivity index (χ3n) is 5.72. The minimum absolute atomic E-state index is 0.217. The first-order chi connectivity index (χ1) is 16.2. The fourth-order valence-electron chi connectivity index (χ4n) is 4.30. The molecule has 0 amide bonds. The minimum atomic E-state index is -0.287. The van der Waals surface area contributed by atoms with Crippen LogP contribution >= 0.6 is 12.2 Å². The lowest BCUT2D eigenvalue weighted by atomic mass is 10.0. The summed E-state index contributed by atoms with van der Waals surface area (Å²) in [7, 11) is 0. The molecule has 0 aliphatic carbocycles. The standard InChI is InChI=1S/C26H23FN4OS/c1-2-32-19-14-12-18(13-15-19)31-25(24(29-26(31)33)21-9-5-6-16-28-21)23-11-7-17-30(23)22-10-4-3-8-20(22)27/h3-17,24-25H,2H2,1H3,(H,29,33)/t24-,25+/m1/s1. The van der Waals surface area contributed by atoms with Crippen LogP contribution in [0.25, 0.3) is 5.69 Å². The molecule has 166 valence electrons. The maximum absolute atomic E-state index is 14.8. The monoisotopic (exact) mass is 458 g/mol. The fourth-order valence-corrected chi connectivity index (χ4v) is 4.65. The first-order valence-electron chi connectivity index (χ1n) is 10.8. The van der Waals surface area contributed by atoms with Gasteiger partial charge in [-0.05, 0) is 79.8 Å². The zero-order valence-electron chi connectivity index (χ0n) is 18.1. The Morgan fingerprint density at radius 3 is 2.52 bits per heavy atom. The van der Waals surface area contributed by atoms with Crippen molar-refractivity contribution < 1.29 is 9.13 Å². The van der Waals surface area contributed by atoms with E-state index in [4.69, 9.17) is 17.0 Å². The Hall–Kier alpha value is -3.71. The summed E-state index contributed by atoms with van der Waals surface area (Å²) in [4.78, 5) is 6.66. The summed E-state index contributed by atoms with van der Waals surface area (Å²) >= 11 is 5.79. The molecule has 5 nitrogen and oxygen atoms in total. The van der Waals surface area contributed by atoms with Gasteiger partial charge >= 0.3 is 0 Å². The molecule has 2 aromatic carbocycles. The van der Waals surface area contributed by atoms with E-state index in [1.165, 1.54) is 6.07 Å². The second-order valence-electron chi connectivity index (χ2n) is 7.68. The number of hydrogen-bond acceptors (Lipinski definition) is 3. The SMILES string of the molecule is CCOc1ccc(N2C(=S)N[C@H](c3ccccn3)[C@@H]2c2cccn2-c2ccccc2F)cc1. The summed E-state index contributed by atoms with van der Waals surface area (Å²) in [5.74, 6) is 0.511. The van der Waals surface area contributed by atoms with Gasteiger partial charge in [0.1, 0.15) is 17.6 Å². The number of benzene rings is 2. The quantitative estimate of drug-likeness (QED) is 0.382. The van der Waals surface area contributed by atoms with Crippen molar-refractivity contribution in [3.05, 3.63) is 108 Å². The van der Waals surface area contributed by atoms with E-state index in [0.29, 0.717) is 17.4 Å². The molecule has 1 saturated heterocycles. The zero-order valence-corrected chi connectivity index (χ0v) is 18.9. The van der Waals surface area contributed by atoms with Crippen LogP contribution in [0.3, 0.4) is 0 Å². The number of para-hydroxylation sites is 1. The summed E-state index contributed by atoms with van der Waals surface area (Å²) in [6.07, 6.45) is 3.65. The number of nitrogens with one attached hydrogen (secondary N) is 1. The van der Waals surface area contributed by atoms with Crippen LogP contribution in [0.4, 0.5) is 10.1 Å². The van der Waals surface area contributed by atoms with Crippen LogP contribution in [0, 0.1) is 5.82 Å². The number of thiocarbonyl (C=S) groups is 1. The van der Waals surface area contributed by atoms with Crippen LogP contribution in [0.1, 0.15) is 30.4 Å². The molecule has 0 bridgehead atoms. The molecule has 7 heteroatoms. The van der Waals surface area contributed by atoms with Gasteiger partial charge in [-0.1, -0.05) is 18.2 Å². The molecule has 2 aromatic heterocycles. The number of pyridine rings is 1. The number of nitrogens with zero attached hydrogens (tertiary/aromatic N) is 3. The van der Waals surface area contributed by atoms with Gasteiger partial charge in [0.05, 0.1) is 24.0 Å². The molecule has 0 saturated carbocycles. The van der Waals surface area contributed by atoms with Gasteiger partial charge in [0.15, 0.2) is 5.11 Å². The molecule has 0 radical (unpaired) electrons.